The molecule has 1 atom stereocenters. The van der Waals surface area contributed by atoms with Crippen molar-refractivity contribution in [1.82, 2.24) is 15.0 Å². The van der Waals surface area contributed by atoms with Crippen LogP contribution in [0.2, 0.25) is 0 Å². The largest absolute Gasteiger partial charge is 0.337 e. The van der Waals surface area contributed by atoms with E-state index >= 15 is 0 Å². The zero-order chi connectivity index (χ0) is 17.9. The van der Waals surface area contributed by atoms with Gasteiger partial charge in [0.05, 0.1) is 0 Å². The summed E-state index contributed by atoms with van der Waals surface area (Å²) in [7, 11) is 0. The maximum absolute atomic E-state index is 13.1. The van der Waals surface area contributed by atoms with E-state index in [9.17, 15) is 4.79 Å². The first kappa shape index (κ1) is 17.3. The maximum Gasteiger partial charge on any atom is 0.249 e. The lowest BCUT2D eigenvalue weighted by atomic mass is 9.87. The summed E-state index contributed by atoms with van der Waals surface area (Å²) in [4.78, 5) is 19.8. The number of piperidine rings is 1. The quantitative estimate of drug-likeness (QED) is 0.804. The summed E-state index contributed by atoms with van der Waals surface area (Å²) in [6, 6.07) is 8.04. The molecule has 1 aliphatic heterocycles. The molecule has 2 aliphatic rings. The minimum absolute atomic E-state index is 0.0655. The molecule has 0 unspecified atom stereocenters. The monoisotopic (exact) mass is 353 g/mol. The molecular formula is C21H27N3O2. The lowest BCUT2D eigenvalue weighted by Crippen LogP contribution is -2.42. The van der Waals surface area contributed by atoms with Gasteiger partial charge in [0.25, 0.3) is 0 Å². The summed E-state index contributed by atoms with van der Waals surface area (Å²) >= 11 is 0. The second kappa shape index (κ2) is 7.60. The van der Waals surface area contributed by atoms with E-state index < -0.39 is 0 Å². The fourth-order valence-corrected chi connectivity index (χ4v) is 4.31. The predicted molar refractivity (Wildman–Crippen MR) is 99.4 cm³/mol. The second-order valence-electron chi connectivity index (χ2n) is 7.70. The Balaban J connectivity index is 1.55. The molecule has 1 saturated carbocycles. The fourth-order valence-electron chi connectivity index (χ4n) is 4.31. The molecule has 26 heavy (non-hydrogen) atoms. The number of hydrogen-bond acceptors (Lipinski definition) is 4. The minimum Gasteiger partial charge on any atom is -0.337 e. The third-order valence-electron chi connectivity index (χ3n) is 5.74. The zero-order valence-corrected chi connectivity index (χ0v) is 15.5. The Morgan fingerprint density at radius 3 is 2.73 bits per heavy atom. The van der Waals surface area contributed by atoms with E-state index in [0.29, 0.717) is 17.6 Å². The Morgan fingerprint density at radius 1 is 1.12 bits per heavy atom. The van der Waals surface area contributed by atoms with Gasteiger partial charge in [-0.05, 0) is 45.1 Å². The van der Waals surface area contributed by atoms with E-state index in [0.717, 1.165) is 44.2 Å². The van der Waals surface area contributed by atoms with Crippen molar-refractivity contribution in [2.45, 2.75) is 64.3 Å². The Kier molecular flexibility index (Phi) is 5.05. The molecule has 2 fully saturated rings. The van der Waals surface area contributed by atoms with Crippen molar-refractivity contribution < 1.29 is 9.32 Å². The van der Waals surface area contributed by atoms with Crippen LogP contribution in [-0.4, -0.2) is 27.5 Å². The molecule has 1 saturated heterocycles. The Hall–Kier alpha value is -2.17. The molecule has 0 radical (unpaired) electrons. The molecule has 0 bridgehead atoms. The first-order valence-electron chi connectivity index (χ1n) is 9.93. The van der Waals surface area contributed by atoms with Gasteiger partial charge in [-0.25, -0.2) is 0 Å². The number of likely N-dealkylation sites (tertiary alicyclic amines) is 1. The fraction of sp³-hybridized carbons (Fsp3) is 0.571. The summed E-state index contributed by atoms with van der Waals surface area (Å²) in [6.45, 7) is 2.86. The van der Waals surface area contributed by atoms with Crippen molar-refractivity contribution in [3.63, 3.8) is 0 Å². The highest BCUT2D eigenvalue weighted by Crippen LogP contribution is 2.35. The van der Waals surface area contributed by atoms with Crippen molar-refractivity contribution >= 4 is 5.91 Å². The van der Waals surface area contributed by atoms with Gasteiger partial charge >= 0.3 is 0 Å². The number of carbonyl (C=O) groups excluding carboxylic acids is 1. The molecule has 1 aromatic carbocycles. The van der Waals surface area contributed by atoms with Crippen LogP contribution >= 0.6 is 0 Å². The van der Waals surface area contributed by atoms with Gasteiger partial charge in [0, 0.05) is 18.0 Å². The zero-order valence-electron chi connectivity index (χ0n) is 15.5. The Labute approximate surface area is 154 Å². The van der Waals surface area contributed by atoms with E-state index in [-0.39, 0.29) is 12.0 Å². The summed E-state index contributed by atoms with van der Waals surface area (Å²) in [5, 5.41) is 4.18. The van der Waals surface area contributed by atoms with Gasteiger partial charge in [-0.1, -0.05) is 48.2 Å². The average molecular weight is 353 g/mol. The van der Waals surface area contributed by atoms with Crippen LogP contribution in [0.15, 0.2) is 28.8 Å². The average Bonchev–Trinajstić information content (AvgIpc) is 3.18. The van der Waals surface area contributed by atoms with E-state index in [1.54, 1.807) is 0 Å². The SMILES string of the molecule is Cc1cccc(-c2noc([C@@H]3CCCCN3C(=O)C3CCCCC3)n2)c1. The van der Waals surface area contributed by atoms with Crippen LogP contribution in [0, 0.1) is 12.8 Å². The van der Waals surface area contributed by atoms with Crippen LogP contribution in [0.3, 0.4) is 0 Å². The van der Waals surface area contributed by atoms with Crippen LogP contribution in [0.1, 0.15) is 68.9 Å². The summed E-state index contributed by atoms with van der Waals surface area (Å²) in [6.07, 6.45) is 8.74. The molecule has 2 heterocycles. The molecule has 0 N–H and O–H groups in total. The number of hydrogen-bond donors (Lipinski definition) is 0. The number of benzene rings is 1. The minimum atomic E-state index is -0.0655. The number of aryl methyl sites for hydroxylation is 1. The van der Waals surface area contributed by atoms with E-state index in [1.807, 2.05) is 17.0 Å². The van der Waals surface area contributed by atoms with Crippen LogP contribution < -0.4 is 0 Å². The Morgan fingerprint density at radius 2 is 1.92 bits per heavy atom. The van der Waals surface area contributed by atoms with Crippen LogP contribution in [0.5, 0.6) is 0 Å². The van der Waals surface area contributed by atoms with Gasteiger partial charge in [0.15, 0.2) is 0 Å². The topological polar surface area (TPSA) is 59.2 Å². The maximum atomic E-state index is 13.1. The summed E-state index contributed by atoms with van der Waals surface area (Å²) in [5.41, 5.74) is 2.13. The van der Waals surface area contributed by atoms with Gasteiger partial charge in [-0.15, -0.1) is 0 Å². The first-order valence-corrected chi connectivity index (χ1v) is 9.93. The van der Waals surface area contributed by atoms with Gasteiger partial charge in [0.1, 0.15) is 6.04 Å². The standard InChI is InChI=1S/C21H27N3O2/c1-15-8-7-11-17(14-15)19-22-20(26-23-19)18-12-5-6-13-24(18)21(25)16-9-3-2-4-10-16/h7-8,11,14,16,18H,2-6,9-10,12-13H2,1H3/t18-/m0/s1. The molecule has 5 nitrogen and oxygen atoms in total. The van der Waals surface area contributed by atoms with Crippen LogP contribution in [-0.2, 0) is 4.79 Å². The van der Waals surface area contributed by atoms with E-state index in [4.69, 9.17) is 4.52 Å². The second-order valence-corrected chi connectivity index (χ2v) is 7.70. The van der Waals surface area contributed by atoms with Crippen molar-refractivity contribution in [3.05, 3.63) is 35.7 Å². The van der Waals surface area contributed by atoms with Gasteiger partial charge < -0.3 is 9.42 Å². The van der Waals surface area contributed by atoms with Gasteiger partial charge in [-0.3, -0.25) is 4.79 Å². The van der Waals surface area contributed by atoms with Gasteiger partial charge in [0.2, 0.25) is 17.6 Å². The molecule has 0 spiro atoms. The molecular weight excluding hydrogens is 326 g/mol. The normalized spacial score (nSPS) is 21.7. The number of aromatic nitrogens is 2. The molecule has 4 rings (SSSR count). The predicted octanol–water partition coefficient (Wildman–Crippen LogP) is 4.68. The van der Waals surface area contributed by atoms with E-state index in [2.05, 4.69) is 29.2 Å². The summed E-state index contributed by atoms with van der Waals surface area (Å²) < 4.78 is 5.61. The lowest BCUT2D eigenvalue weighted by Gasteiger charge is -2.36. The third-order valence-corrected chi connectivity index (χ3v) is 5.74. The number of carbonyl (C=O) groups is 1. The smallest absolute Gasteiger partial charge is 0.249 e. The third kappa shape index (κ3) is 3.53. The highest BCUT2D eigenvalue weighted by molar-refractivity contribution is 5.79. The van der Waals surface area contributed by atoms with Crippen LogP contribution in [0.25, 0.3) is 11.4 Å². The van der Waals surface area contributed by atoms with Gasteiger partial charge in [-0.2, -0.15) is 4.98 Å². The highest BCUT2D eigenvalue weighted by atomic mass is 16.5. The van der Waals surface area contributed by atoms with Crippen molar-refractivity contribution in [1.29, 1.82) is 0 Å². The molecule has 5 heteroatoms. The summed E-state index contributed by atoms with van der Waals surface area (Å²) in [5.74, 6) is 1.68. The van der Waals surface area contributed by atoms with Crippen molar-refractivity contribution in [3.8, 4) is 11.4 Å². The number of amides is 1. The Bertz CT molecular complexity index is 764. The molecule has 2 aromatic rings. The molecule has 1 aromatic heterocycles. The molecule has 1 aliphatic carbocycles. The van der Waals surface area contributed by atoms with Crippen LogP contribution in [0.4, 0.5) is 0 Å². The highest BCUT2D eigenvalue weighted by Gasteiger charge is 2.35. The van der Waals surface area contributed by atoms with E-state index in [1.165, 1.54) is 24.8 Å². The van der Waals surface area contributed by atoms with Crippen molar-refractivity contribution in [2.75, 3.05) is 6.54 Å². The molecule has 1 amide bonds. The van der Waals surface area contributed by atoms with Crippen molar-refractivity contribution in [2.24, 2.45) is 5.92 Å². The lowest BCUT2D eigenvalue weighted by molar-refractivity contribution is -0.141. The molecule has 138 valence electrons. The number of rotatable bonds is 3. The first-order chi connectivity index (χ1) is 12.7. The number of nitrogens with zero attached hydrogens (tertiary/aromatic N) is 3.